The molecule has 0 radical (unpaired) electrons. The number of aliphatic hydroxyl groups is 3. The number of nitrogens with one attached hydrogen (secondary N) is 1. The van der Waals surface area contributed by atoms with E-state index in [0.717, 1.165) is 20.8 Å². The predicted octanol–water partition coefficient (Wildman–Crippen LogP) is -3.19. The molecule has 14 heteroatoms. The second-order valence-corrected chi connectivity index (χ2v) is 6.72. The summed E-state index contributed by atoms with van der Waals surface area (Å²) in [6, 6.07) is -1.49. The molecule has 31 heavy (non-hydrogen) atoms. The molecule has 6 atom stereocenters. The van der Waals surface area contributed by atoms with Crippen molar-refractivity contribution in [3.8, 4) is 0 Å². The third-order valence-electron chi connectivity index (χ3n) is 4.15. The fourth-order valence-corrected chi connectivity index (χ4v) is 2.96. The highest BCUT2D eigenvalue weighted by atomic mass is 16.7. The number of amides is 1. The minimum Gasteiger partial charge on any atom is -0.477 e. The molecular weight excluding hydrogens is 426 g/mol. The minimum absolute atomic E-state index is 0.725. The van der Waals surface area contributed by atoms with Gasteiger partial charge in [0.25, 0.3) is 5.79 Å². The molecule has 1 aliphatic rings. The van der Waals surface area contributed by atoms with Gasteiger partial charge in [-0.2, -0.15) is 0 Å². The van der Waals surface area contributed by atoms with Gasteiger partial charge < -0.3 is 44.7 Å². The minimum atomic E-state index is -2.97. The largest absolute Gasteiger partial charge is 0.477 e. The monoisotopic (exact) mass is 451 g/mol. The standard InChI is InChI=1S/C17H25NO13/c1-7(20)28-6-10(23)14(30-9(3)22)15-13(18-12(24)5-19)11(29-8(2)21)4-17(27,31-15)16(25)26/h10-11,13-15,19,23,27H,4-6H2,1-3H3,(H,18,24)(H,25,26)/t10-,11+,13-,14-,15-,17?/m1/s1. The van der Waals surface area contributed by atoms with Gasteiger partial charge in [-0.1, -0.05) is 0 Å². The van der Waals surface area contributed by atoms with E-state index in [1.54, 1.807) is 0 Å². The summed E-state index contributed by atoms with van der Waals surface area (Å²) in [4.78, 5) is 57.5. The molecule has 1 unspecified atom stereocenters. The second kappa shape index (κ2) is 11.0. The second-order valence-electron chi connectivity index (χ2n) is 6.72. The van der Waals surface area contributed by atoms with Crippen LogP contribution in [0.4, 0.5) is 0 Å². The molecule has 1 aliphatic heterocycles. The van der Waals surface area contributed by atoms with Crippen LogP contribution in [0.15, 0.2) is 0 Å². The number of carbonyl (C=O) groups is 5. The highest BCUT2D eigenvalue weighted by molar-refractivity contribution is 5.78. The lowest BCUT2D eigenvalue weighted by Gasteiger charge is -2.46. The molecule has 1 amide bonds. The van der Waals surface area contributed by atoms with Gasteiger partial charge in [0, 0.05) is 20.8 Å². The zero-order valence-corrected chi connectivity index (χ0v) is 17.0. The van der Waals surface area contributed by atoms with Crippen LogP contribution in [0.5, 0.6) is 0 Å². The first-order valence-electron chi connectivity index (χ1n) is 9.00. The Morgan fingerprint density at radius 2 is 1.74 bits per heavy atom. The molecule has 176 valence electrons. The van der Waals surface area contributed by atoms with E-state index in [0.29, 0.717) is 0 Å². The van der Waals surface area contributed by atoms with E-state index in [4.69, 9.17) is 19.3 Å². The lowest BCUT2D eigenvalue weighted by atomic mass is 9.88. The van der Waals surface area contributed by atoms with Crippen molar-refractivity contribution in [3.05, 3.63) is 0 Å². The van der Waals surface area contributed by atoms with Gasteiger partial charge in [-0.25, -0.2) is 4.79 Å². The topological polar surface area (TPSA) is 215 Å². The number of esters is 3. The van der Waals surface area contributed by atoms with Crippen LogP contribution in [0.1, 0.15) is 27.2 Å². The van der Waals surface area contributed by atoms with Crippen LogP contribution in [-0.4, -0.2) is 99.7 Å². The number of aliphatic hydroxyl groups excluding tert-OH is 2. The molecule has 0 spiro atoms. The Hall–Kier alpha value is -2.81. The Morgan fingerprint density at radius 3 is 2.19 bits per heavy atom. The van der Waals surface area contributed by atoms with E-state index in [-0.39, 0.29) is 0 Å². The molecule has 1 saturated heterocycles. The first-order chi connectivity index (χ1) is 14.3. The van der Waals surface area contributed by atoms with E-state index in [9.17, 15) is 39.3 Å². The fourth-order valence-electron chi connectivity index (χ4n) is 2.96. The zero-order chi connectivity index (χ0) is 23.9. The lowest BCUT2D eigenvalue weighted by molar-refractivity contribution is -0.297. The summed E-state index contributed by atoms with van der Waals surface area (Å²) in [6.07, 6.45) is -7.80. The van der Waals surface area contributed by atoms with Gasteiger partial charge in [-0.15, -0.1) is 0 Å². The highest BCUT2D eigenvalue weighted by Crippen LogP contribution is 2.33. The maximum Gasteiger partial charge on any atom is 0.364 e. The van der Waals surface area contributed by atoms with Crippen molar-refractivity contribution in [1.82, 2.24) is 5.32 Å². The molecule has 0 aliphatic carbocycles. The van der Waals surface area contributed by atoms with Gasteiger partial charge in [0.05, 0.1) is 12.5 Å². The Morgan fingerprint density at radius 1 is 1.13 bits per heavy atom. The molecular formula is C17H25NO13. The van der Waals surface area contributed by atoms with Crippen molar-refractivity contribution in [1.29, 1.82) is 0 Å². The van der Waals surface area contributed by atoms with Gasteiger partial charge in [-0.05, 0) is 0 Å². The van der Waals surface area contributed by atoms with Gasteiger partial charge in [-0.3, -0.25) is 19.2 Å². The molecule has 0 aromatic rings. The van der Waals surface area contributed by atoms with Crippen LogP contribution in [0.2, 0.25) is 0 Å². The van der Waals surface area contributed by atoms with Crippen molar-refractivity contribution in [3.63, 3.8) is 0 Å². The Labute approximate surface area is 176 Å². The molecule has 0 aromatic heterocycles. The highest BCUT2D eigenvalue weighted by Gasteiger charge is 2.56. The zero-order valence-electron chi connectivity index (χ0n) is 17.0. The molecule has 0 bridgehead atoms. The van der Waals surface area contributed by atoms with Gasteiger partial charge >= 0.3 is 23.9 Å². The maximum atomic E-state index is 11.8. The van der Waals surface area contributed by atoms with Crippen LogP contribution in [0, 0.1) is 0 Å². The van der Waals surface area contributed by atoms with Crippen LogP contribution >= 0.6 is 0 Å². The smallest absolute Gasteiger partial charge is 0.364 e. The number of rotatable bonds is 9. The summed E-state index contributed by atoms with van der Waals surface area (Å²) in [7, 11) is 0. The molecule has 1 rings (SSSR count). The number of carbonyl (C=O) groups excluding carboxylic acids is 4. The number of carboxylic acid groups (broad SMARTS) is 1. The molecule has 0 saturated carbocycles. The van der Waals surface area contributed by atoms with Gasteiger partial charge in [0.2, 0.25) is 5.91 Å². The number of aliphatic carboxylic acids is 1. The first kappa shape index (κ1) is 26.2. The van der Waals surface area contributed by atoms with E-state index in [2.05, 4.69) is 10.1 Å². The average molecular weight is 451 g/mol. The summed E-state index contributed by atoms with van der Waals surface area (Å²) in [5, 5.41) is 41.5. The number of ether oxygens (including phenoxy) is 4. The molecule has 5 N–H and O–H groups in total. The van der Waals surface area contributed by atoms with Crippen LogP contribution < -0.4 is 5.32 Å². The average Bonchev–Trinajstić information content (AvgIpc) is 2.65. The summed E-state index contributed by atoms with van der Waals surface area (Å²) in [6.45, 7) is 1.22. The lowest BCUT2D eigenvalue weighted by Crippen LogP contribution is -2.68. The van der Waals surface area contributed by atoms with Crippen LogP contribution in [0.3, 0.4) is 0 Å². The van der Waals surface area contributed by atoms with Crippen molar-refractivity contribution in [2.24, 2.45) is 0 Å². The first-order valence-corrected chi connectivity index (χ1v) is 9.00. The van der Waals surface area contributed by atoms with Gasteiger partial charge in [0.15, 0.2) is 6.10 Å². The van der Waals surface area contributed by atoms with Crippen LogP contribution in [-0.2, 0) is 42.9 Å². The molecule has 14 nitrogen and oxygen atoms in total. The quantitative estimate of drug-likeness (QED) is 0.173. The summed E-state index contributed by atoms with van der Waals surface area (Å²) in [5.74, 6) is -8.55. The molecule has 0 aromatic carbocycles. The third-order valence-corrected chi connectivity index (χ3v) is 4.15. The Balaban J connectivity index is 3.46. The normalized spacial score (nSPS) is 27.4. The fraction of sp³-hybridized carbons (Fsp3) is 0.706. The number of carboxylic acids is 1. The van der Waals surface area contributed by atoms with E-state index >= 15 is 0 Å². The van der Waals surface area contributed by atoms with E-state index < -0.39 is 85.7 Å². The number of hydrogen-bond acceptors (Lipinski definition) is 12. The van der Waals surface area contributed by atoms with Crippen LogP contribution in [0.25, 0.3) is 0 Å². The predicted molar refractivity (Wildman–Crippen MR) is 94.8 cm³/mol. The van der Waals surface area contributed by atoms with E-state index in [1.807, 2.05) is 0 Å². The van der Waals surface area contributed by atoms with Crippen molar-refractivity contribution >= 4 is 29.8 Å². The maximum absolute atomic E-state index is 11.8. The summed E-state index contributed by atoms with van der Waals surface area (Å²) < 4.78 is 19.8. The number of hydrogen-bond donors (Lipinski definition) is 5. The van der Waals surface area contributed by atoms with Crippen molar-refractivity contribution < 1.29 is 63.3 Å². The molecule has 1 heterocycles. The van der Waals surface area contributed by atoms with Crippen molar-refractivity contribution in [2.45, 2.75) is 63.4 Å². The summed E-state index contributed by atoms with van der Waals surface area (Å²) >= 11 is 0. The third kappa shape index (κ3) is 7.43. The van der Waals surface area contributed by atoms with E-state index in [1.165, 1.54) is 0 Å². The molecule has 1 fully saturated rings. The van der Waals surface area contributed by atoms with Gasteiger partial charge in [0.1, 0.15) is 31.5 Å². The summed E-state index contributed by atoms with van der Waals surface area (Å²) in [5.41, 5.74) is 0. The Bertz CT molecular complexity index is 710. The Kier molecular flexibility index (Phi) is 9.30. The SMILES string of the molecule is CC(=O)OC[C@@H](O)[C@@H](OC(C)=O)[C@@H]1OC(O)(C(=O)O)C[C@H](OC(C)=O)[C@H]1NC(=O)CO. The van der Waals surface area contributed by atoms with Crippen molar-refractivity contribution in [2.75, 3.05) is 13.2 Å².